The zero-order valence-electron chi connectivity index (χ0n) is 15.1. The minimum absolute atomic E-state index is 0.0121. The zero-order chi connectivity index (χ0) is 18.7. The van der Waals surface area contributed by atoms with Gasteiger partial charge in [-0.3, -0.25) is 4.79 Å². The Bertz CT molecular complexity index is 739. The van der Waals surface area contributed by atoms with Crippen LogP contribution in [-0.2, 0) is 16.0 Å². The number of rotatable bonds is 3. The largest absolute Gasteiger partial charge is 0.496 e. The third-order valence-electron chi connectivity index (χ3n) is 4.81. The van der Waals surface area contributed by atoms with Crippen LogP contribution in [0.1, 0.15) is 24.5 Å². The second-order valence-electron chi connectivity index (χ2n) is 6.29. The van der Waals surface area contributed by atoms with E-state index in [2.05, 4.69) is 0 Å². The van der Waals surface area contributed by atoms with Crippen molar-refractivity contribution in [2.75, 3.05) is 39.9 Å². The topological polar surface area (TPSA) is 59.1 Å². The van der Waals surface area contributed by atoms with Gasteiger partial charge in [-0.25, -0.2) is 4.79 Å². The lowest BCUT2D eigenvalue weighted by atomic mass is 9.90. The van der Waals surface area contributed by atoms with Crippen LogP contribution in [-0.4, -0.2) is 61.7 Å². The molecule has 0 spiro atoms. The molecule has 0 atom stereocenters. The number of carbonyl (C=O) groups is 2. The molecule has 140 valence electrons. The number of carbonyl (C=O) groups excluding carboxylic acids is 2. The van der Waals surface area contributed by atoms with Crippen molar-refractivity contribution in [1.29, 1.82) is 0 Å². The van der Waals surface area contributed by atoms with Crippen LogP contribution in [0, 0.1) is 0 Å². The third kappa shape index (κ3) is 3.65. The Hall–Kier alpha value is -2.21. The quantitative estimate of drug-likeness (QED) is 0.811. The number of piperazine rings is 1. The molecule has 2 amide bonds. The lowest BCUT2D eigenvalue weighted by Gasteiger charge is -2.35. The minimum atomic E-state index is -0.315. The Morgan fingerprint density at radius 3 is 2.46 bits per heavy atom. The zero-order valence-corrected chi connectivity index (χ0v) is 15.8. The van der Waals surface area contributed by atoms with Gasteiger partial charge in [0, 0.05) is 47.9 Å². The van der Waals surface area contributed by atoms with Crippen LogP contribution < -0.4 is 4.74 Å². The van der Waals surface area contributed by atoms with Crippen LogP contribution in [0.5, 0.6) is 5.75 Å². The fraction of sp³-hybridized carbons (Fsp3) is 0.474. The fourth-order valence-corrected chi connectivity index (χ4v) is 3.64. The van der Waals surface area contributed by atoms with Gasteiger partial charge >= 0.3 is 6.09 Å². The average Bonchev–Trinajstić information content (AvgIpc) is 2.68. The maximum absolute atomic E-state index is 12.9. The summed E-state index contributed by atoms with van der Waals surface area (Å²) in [6.07, 6.45) is 2.94. The predicted octanol–water partition coefficient (Wildman–Crippen LogP) is 2.98. The van der Waals surface area contributed by atoms with Gasteiger partial charge in [0.1, 0.15) is 5.75 Å². The van der Waals surface area contributed by atoms with Crippen molar-refractivity contribution in [2.45, 2.75) is 19.8 Å². The van der Waals surface area contributed by atoms with Crippen LogP contribution in [0.15, 0.2) is 17.7 Å². The van der Waals surface area contributed by atoms with Gasteiger partial charge in [-0.1, -0.05) is 11.6 Å². The molecule has 0 aromatic heterocycles. The summed E-state index contributed by atoms with van der Waals surface area (Å²) in [7, 11) is 1.64. The average molecular weight is 379 g/mol. The smallest absolute Gasteiger partial charge is 0.409 e. The molecule has 1 aliphatic carbocycles. The van der Waals surface area contributed by atoms with Gasteiger partial charge in [-0.05, 0) is 38.0 Å². The normalized spacial score (nSPS) is 16.7. The monoisotopic (exact) mass is 378 g/mol. The highest BCUT2D eigenvalue weighted by Crippen LogP contribution is 2.36. The van der Waals surface area contributed by atoms with E-state index in [1.807, 2.05) is 12.1 Å². The predicted molar refractivity (Wildman–Crippen MR) is 99.5 cm³/mol. The van der Waals surface area contributed by atoms with Gasteiger partial charge in [0.2, 0.25) is 5.91 Å². The summed E-state index contributed by atoms with van der Waals surface area (Å²) in [5.74, 6) is 0.813. The van der Waals surface area contributed by atoms with Crippen LogP contribution in [0.3, 0.4) is 0 Å². The molecule has 7 heteroatoms. The summed E-state index contributed by atoms with van der Waals surface area (Å²) >= 11 is 6.33. The molecule has 0 radical (unpaired) electrons. The van der Waals surface area contributed by atoms with E-state index in [1.54, 1.807) is 29.9 Å². The molecule has 1 aromatic carbocycles. The summed E-state index contributed by atoms with van der Waals surface area (Å²) in [5.41, 5.74) is 2.66. The maximum Gasteiger partial charge on any atom is 0.409 e. The standard InChI is InChI=1S/C19H23ClN2O4/c1-3-26-19(24)22-10-8-21(9-11-22)18(23)13-4-5-14-15(12-13)16(20)6-7-17(14)25-2/h6-7,12H,3-5,8-11H2,1-2H3. The first kappa shape index (κ1) is 18.6. The molecule has 1 saturated heterocycles. The molecule has 3 rings (SSSR count). The first-order valence-electron chi connectivity index (χ1n) is 8.82. The van der Waals surface area contributed by atoms with Crippen molar-refractivity contribution in [3.8, 4) is 5.75 Å². The summed E-state index contributed by atoms with van der Waals surface area (Å²) < 4.78 is 10.4. The van der Waals surface area contributed by atoms with Gasteiger partial charge in [0.05, 0.1) is 13.7 Å². The van der Waals surface area contributed by atoms with Crippen LogP contribution in [0.25, 0.3) is 6.08 Å². The number of ether oxygens (including phenoxy) is 2. The van der Waals surface area contributed by atoms with Gasteiger partial charge in [-0.2, -0.15) is 0 Å². The fourth-order valence-electron chi connectivity index (χ4n) is 3.41. The highest BCUT2D eigenvalue weighted by atomic mass is 35.5. The number of nitrogens with zero attached hydrogens (tertiary/aromatic N) is 2. The molecule has 6 nitrogen and oxygen atoms in total. The number of hydrogen-bond donors (Lipinski definition) is 0. The molecule has 1 fully saturated rings. The van der Waals surface area contributed by atoms with Crippen molar-refractivity contribution in [2.24, 2.45) is 0 Å². The first-order chi connectivity index (χ1) is 12.5. The Kier molecular flexibility index (Phi) is 5.71. The first-order valence-corrected chi connectivity index (χ1v) is 9.19. The Morgan fingerprint density at radius 2 is 1.81 bits per heavy atom. The van der Waals surface area contributed by atoms with E-state index < -0.39 is 0 Å². The number of halogens is 1. The SMILES string of the molecule is CCOC(=O)N1CCN(C(=O)C2=Cc3c(Cl)ccc(OC)c3CC2)CC1. The van der Waals surface area contributed by atoms with Crippen molar-refractivity contribution >= 4 is 29.7 Å². The highest BCUT2D eigenvalue weighted by Gasteiger charge is 2.28. The van der Waals surface area contributed by atoms with E-state index in [4.69, 9.17) is 21.1 Å². The second kappa shape index (κ2) is 7.99. The van der Waals surface area contributed by atoms with E-state index in [1.165, 1.54) is 0 Å². The number of fused-ring (bicyclic) bond motifs is 1. The maximum atomic E-state index is 12.9. The van der Waals surface area contributed by atoms with Crippen LogP contribution in [0.4, 0.5) is 4.79 Å². The molecule has 0 bridgehead atoms. The highest BCUT2D eigenvalue weighted by molar-refractivity contribution is 6.32. The summed E-state index contributed by atoms with van der Waals surface area (Å²) in [5, 5.41) is 0.623. The van der Waals surface area contributed by atoms with Gasteiger partial charge in [0.15, 0.2) is 0 Å². The van der Waals surface area contributed by atoms with Crippen molar-refractivity contribution in [1.82, 2.24) is 9.80 Å². The molecule has 0 unspecified atom stereocenters. The lowest BCUT2D eigenvalue weighted by Crippen LogP contribution is -2.51. The van der Waals surface area contributed by atoms with E-state index >= 15 is 0 Å². The molecular weight excluding hydrogens is 356 g/mol. The Balaban J connectivity index is 1.71. The molecule has 2 aliphatic rings. The van der Waals surface area contributed by atoms with Gasteiger partial charge < -0.3 is 19.3 Å². The van der Waals surface area contributed by atoms with Crippen LogP contribution >= 0.6 is 11.6 Å². The second-order valence-corrected chi connectivity index (χ2v) is 6.70. The molecular formula is C19H23ClN2O4. The lowest BCUT2D eigenvalue weighted by molar-refractivity contribution is -0.128. The van der Waals surface area contributed by atoms with Crippen molar-refractivity contribution in [3.63, 3.8) is 0 Å². The van der Waals surface area contributed by atoms with Gasteiger partial charge in [0.25, 0.3) is 0 Å². The van der Waals surface area contributed by atoms with E-state index in [-0.39, 0.29) is 12.0 Å². The molecule has 1 heterocycles. The van der Waals surface area contributed by atoms with E-state index in [0.717, 1.165) is 28.9 Å². The minimum Gasteiger partial charge on any atom is -0.496 e. The van der Waals surface area contributed by atoms with Crippen molar-refractivity contribution in [3.05, 3.63) is 33.9 Å². The van der Waals surface area contributed by atoms with E-state index in [0.29, 0.717) is 44.2 Å². The summed E-state index contributed by atoms with van der Waals surface area (Å²) in [6.45, 7) is 4.13. The molecule has 1 aromatic rings. The molecule has 0 saturated carbocycles. The molecule has 26 heavy (non-hydrogen) atoms. The number of hydrogen-bond acceptors (Lipinski definition) is 4. The Morgan fingerprint density at radius 1 is 1.12 bits per heavy atom. The number of methoxy groups -OCH3 is 1. The van der Waals surface area contributed by atoms with E-state index in [9.17, 15) is 9.59 Å². The number of amides is 2. The number of benzene rings is 1. The molecule has 1 aliphatic heterocycles. The third-order valence-corrected chi connectivity index (χ3v) is 5.14. The summed E-state index contributed by atoms with van der Waals surface area (Å²) in [6, 6.07) is 3.65. The molecule has 0 N–H and O–H groups in total. The summed E-state index contributed by atoms with van der Waals surface area (Å²) in [4.78, 5) is 28.1. The van der Waals surface area contributed by atoms with Crippen molar-refractivity contribution < 1.29 is 19.1 Å². The van der Waals surface area contributed by atoms with Gasteiger partial charge in [-0.15, -0.1) is 0 Å². The van der Waals surface area contributed by atoms with Crippen LogP contribution in [0.2, 0.25) is 5.02 Å². The Labute approximate surface area is 158 Å².